The van der Waals surface area contributed by atoms with Crippen LogP contribution < -0.4 is 4.31 Å². The lowest BCUT2D eigenvalue weighted by Crippen LogP contribution is -2.30. The summed E-state index contributed by atoms with van der Waals surface area (Å²) in [6.45, 7) is 2.05. The maximum absolute atomic E-state index is 13.2. The lowest BCUT2D eigenvalue weighted by atomic mass is 10.1. The summed E-state index contributed by atoms with van der Waals surface area (Å²) in [6.07, 6.45) is 0.956. The number of hydrogen-bond donors (Lipinski definition) is 0. The number of esters is 1. The zero-order valence-corrected chi connectivity index (χ0v) is 19.4. The Labute approximate surface area is 199 Å². The maximum Gasteiger partial charge on any atom is 0.339 e. The molecule has 0 spiro atoms. The number of benzene rings is 3. The van der Waals surface area contributed by atoms with Crippen molar-refractivity contribution in [3.8, 4) is 0 Å². The third-order valence-corrected chi connectivity index (χ3v) is 7.21. The summed E-state index contributed by atoms with van der Waals surface area (Å²) in [5.74, 6) is -0.570. The van der Waals surface area contributed by atoms with Crippen molar-refractivity contribution in [2.45, 2.75) is 17.9 Å². The van der Waals surface area contributed by atoms with Crippen LogP contribution in [0.5, 0.6) is 0 Å². The number of ether oxygens (including phenoxy) is 1. The summed E-state index contributed by atoms with van der Waals surface area (Å²) in [4.78, 5) is 17.4. The van der Waals surface area contributed by atoms with Crippen molar-refractivity contribution in [2.75, 3.05) is 10.8 Å². The molecule has 0 amide bonds. The molecule has 0 saturated carbocycles. The number of hydrogen-bond acceptors (Lipinski definition) is 5. The van der Waals surface area contributed by atoms with Gasteiger partial charge in [-0.05, 0) is 61.0 Å². The summed E-state index contributed by atoms with van der Waals surface area (Å²) in [5, 5.41) is 0. The van der Waals surface area contributed by atoms with E-state index in [0.717, 1.165) is 5.56 Å². The van der Waals surface area contributed by atoms with Crippen LogP contribution in [-0.4, -0.2) is 25.9 Å². The molecule has 7 heteroatoms. The quantitative estimate of drug-likeness (QED) is 0.328. The van der Waals surface area contributed by atoms with Gasteiger partial charge in [-0.2, -0.15) is 0 Å². The van der Waals surface area contributed by atoms with Crippen LogP contribution in [0.4, 0.5) is 5.69 Å². The molecule has 1 heterocycles. The van der Waals surface area contributed by atoms with Crippen molar-refractivity contribution in [3.63, 3.8) is 0 Å². The number of sulfonamides is 1. The predicted octanol–water partition coefficient (Wildman–Crippen LogP) is 5.24. The molecule has 0 N–H and O–H groups in total. The fourth-order valence-electron chi connectivity index (χ4n) is 3.61. The summed E-state index contributed by atoms with van der Waals surface area (Å²) < 4.78 is 33.5. The van der Waals surface area contributed by atoms with Crippen molar-refractivity contribution in [3.05, 3.63) is 126 Å². The Bertz CT molecular complexity index is 1290. The lowest BCUT2D eigenvalue weighted by Gasteiger charge is -2.23. The normalized spacial score (nSPS) is 12.0. The number of nitrogens with zero attached hydrogens (tertiary/aromatic N) is 2. The molecule has 4 aromatic rings. The monoisotopic (exact) mass is 472 g/mol. The largest absolute Gasteiger partial charge is 0.447 e. The first-order valence-corrected chi connectivity index (χ1v) is 12.3. The SMILES string of the molecule is CCN(c1ccccc1)S(=O)(=O)c1ccc(C(=O)O[C@H](c2ccccc2)c2ccccn2)cc1. The Morgan fingerprint density at radius 1 is 0.853 bits per heavy atom. The van der Waals surface area contributed by atoms with Crippen LogP contribution in [0.1, 0.15) is 34.6 Å². The summed E-state index contributed by atoms with van der Waals surface area (Å²) >= 11 is 0. The molecule has 1 atom stereocenters. The Kier molecular flexibility index (Phi) is 7.04. The Morgan fingerprint density at radius 2 is 1.47 bits per heavy atom. The number of anilines is 1. The first kappa shape index (κ1) is 23.2. The zero-order chi connectivity index (χ0) is 24.0. The number of carbonyl (C=O) groups is 1. The van der Waals surface area contributed by atoms with Crippen LogP contribution in [0.15, 0.2) is 114 Å². The molecule has 0 unspecified atom stereocenters. The van der Waals surface area contributed by atoms with E-state index in [9.17, 15) is 13.2 Å². The molecule has 6 nitrogen and oxygen atoms in total. The molecular weight excluding hydrogens is 448 g/mol. The van der Waals surface area contributed by atoms with Gasteiger partial charge in [-0.15, -0.1) is 0 Å². The van der Waals surface area contributed by atoms with Crippen LogP contribution in [0, 0.1) is 0 Å². The second-order valence-corrected chi connectivity index (χ2v) is 9.34. The van der Waals surface area contributed by atoms with Crippen molar-refractivity contribution in [1.29, 1.82) is 0 Å². The third kappa shape index (κ3) is 5.00. The highest BCUT2D eigenvalue weighted by Crippen LogP contribution is 2.27. The van der Waals surface area contributed by atoms with Crippen LogP contribution in [0.3, 0.4) is 0 Å². The molecule has 0 bridgehead atoms. The van der Waals surface area contributed by atoms with Crippen molar-refractivity contribution < 1.29 is 17.9 Å². The van der Waals surface area contributed by atoms with Gasteiger partial charge in [0, 0.05) is 12.7 Å². The average Bonchev–Trinajstić information content (AvgIpc) is 2.89. The van der Waals surface area contributed by atoms with E-state index in [1.54, 1.807) is 49.5 Å². The molecule has 172 valence electrons. The van der Waals surface area contributed by atoms with Crippen molar-refractivity contribution in [1.82, 2.24) is 4.98 Å². The van der Waals surface area contributed by atoms with Gasteiger partial charge in [-0.1, -0.05) is 54.6 Å². The standard InChI is InChI=1S/C27H24N2O4S/c1-2-29(23-13-7-4-8-14-23)34(31,32)24-18-16-22(17-19-24)27(30)33-26(21-11-5-3-6-12-21)25-15-9-10-20-28-25/h3-20,26H,2H2,1H3/t26-/m1/s1. The number of carbonyl (C=O) groups excluding carboxylic acids is 1. The van der Waals surface area contributed by atoms with Crippen LogP contribution >= 0.6 is 0 Å². The second kappa shape index (κ2) is 10.3. The first-order chi connectivity index (χ1) is 16.5. The predicted molar refractivity (Wildman–Crippen MR) is 131 cm³/mol. The molecule has 4 rings (SSSR count). The number of para-hydroxylation sites is 1. The molecule has 0 aliphatic carbocycles. The van der Waals surface area contributed by atoms with E-state index in [0.29, 0.717) is 11.4 Å². The summed E-state index contributed by atoms with van der Waals surface area (Å²) in [5.41, 5.74) is 2.21. The second-order valence-electron chi connectivity index (χ2n) is 7.48. The fourth-order valence-corrected chi connectivity index (χ4v) is 5.08. The number of rotatable bonds is 8. The first-order valence-electron chi connectivity index (χ1n) is 10.9. The number of aromatic nitrogens is 1. The zero-order valence-electron chi connectivity index (χ0n) is 18.6. The van der Waals surface area contributed by atoms with Gasteiger partial charge < -0.3 is 4.74 Å². The molecule has 0 aliphatic heterocycles. The molecule has 1 aromatic heterocycles. The molecule has 0 fully saturated rings. The summed E-state index contributed by atoms with van der Waals surface area (Å²) in [6, 6.07) is 29.5. The van der Waals surface area contributed by atoms with Gasteiger partial charge >= 0.3 is 5.97 Å². The van der Waals surface area contributed by atoms with E-state index in [2.05, 4.69) is 4.98 Å². The molecule has 34 heavy (non-hydrogen) atoms. The van der Waals surface area contributed by atoms with Gasteiger partial charge in [-0.3, -0.25) is 9.29 Å². The molecule has 0 radical (unpaired) electrons. The van der Waals surface area contributed by atoms with Gasteiger partial charge in [0.05, 0.1) is 21.8 Å². The van der Waals surface area contributed by atoms with E-state index in [1.807, 2.05) is 42.5 Å². The van der Waals surface area contributed by atoms with Crippen molar-refractivity contribution >= 4 is 21.7 Å². The van der Waals surface area contributed by atoms with E-state index in [4.69, 9.17) is 4.74 Å². The van der Waals surface area contributed by atoms with Crippen molar-refractivity contribution in [2.24, 2.45) is 0 Å². The Hall–Kier alpha value is -3.97. The van der Waals surface area contributed by atoms with E-state index in [1.165, 1.54) is 28.6 Å². The van der Waals surface area contributed by atoms with Gasteiger partial charge in [0.15, 0.2) is 6.10 Å². The highest BCUT2D eigenvalue weighted by Gasteiger charge is 2.25. The number of pyridine rings is 1. The molecule has 3 aromatic carbocycles. The lowest BCUT2D eigenvalue weighted by molar-refractivity contribution is 0.0370. The van der Waals surface area contributed by atoms with E-state index >= 15 is 0 Å². The third-order valence-electron chi connectivity index (χ3n) is 5.29. The Morgan fingerprint density at radius 3 is 2.06 bits per heavy atom. The average molecular weight is 473 g/mol. The fraction of sp³-hybridized carbons (Fsp3) is 0.111. The molecule has 0 aliphatic rings. The van der Waals surface area contributed by atoms with Gasteiger partial charge in [0.2, 0.25) is 0 Å². The van der Waals surface area contributed by atoms with Crippen LogP contribution in [0.25, 0.3) is 0 Å². The highest BCUT2D eigenvalue weighted by molar-refractivity contribution is 7.92. The van der Waals surface area contributed by atoms with Crippen LogP contribution in [0.2, 0.25) is 0 Å². The van der Waals surface area contributed by atoms with Gasteiger partial charge in [0.25, 0.3) is 10.0 Å². The minimum absolute atomic E-state index is 0.0964. The van der Waals surface area contributed by atoms with E-state index in [-0.39, 0.29) is 17.0 Å². The van der Waals surface area contributed by atoms with Gasteiger partial charge in [-0.25, -0.2) is 13.2 Å². The molecular formula is C27H24N2O4S. The smallest absolute Gasteiger partial charge is 0.339 e. The Balaban J connectivity index is 1.58. The molecule has 0 saturated heterocycles. The van der Waals surface area contributed by atoms with E-state index < -0.39 is 22.1 Å². The minimum Gasteiger partial charge on any atom is -0.447 e. The van der Waals surface area contributed by atoms with Crippen LogP contribution in [-0.2, 0) is 14.8 Å². The highest BCUT2D eigenvalue weighted by atomic mass is 32.2. The maximum atomic E-state index is 13.2. The summed E-state index contributed by atoms with van der Waals surface area (Å²) in [7, 11) is -3.78. The van der Waals surface area contributed by atoms with Gasteiger partial charge in [0.1, 0.15) is 0 Å². The topological polar surface area (TPSA) is 76.6 Å². The minimum atomic E-state index is -3.78.